The Morgan fingerprint density at radius 3 is 2.75 bits per heavy atom. The van der Waals surface area contributed by atoms with Gasteiger partial charge in [-0.3, -0.25) is 4.79 Å². The zero-order valence-corrected chi connectivity index (χ0v) is 12.5. The summed E-state index contributed by atoms with van der Waals surface area (Å²) in [5.74, 6) is -0.566. The molecular formula is C15H26N2O3. The lowest BCUT2D eigenvalue weighted by atomic mass is 9.87. The number of nitrogens with zero attached hydrogens (tertiary/aromatic N) is 1. The van der Waals surface area contributed by atoms with Gasteiger partial charge in [-0.05, 0) is 44.6 Å². The molecule has 0 saturated carbocycles. The molecule has 0 spiro atoms. The van der Waals surface area contributed by atoms with E-state index in [0.29, 0.717) is 19.4 Å². The Labute approximate surface area is 120 Å². The molecule has 5 nitrogen and oxygen atoms in total. The summed E-state index contributed by atoms with van der Waals surface area (Å²) in [7, 11) is 0. The second-order valence-electron chi connectivity index (χ2n) is 6.23. The van der Waals surface area contributed by atoms with Gasteiger partial charge < -0.3 is 15.3 Å². The van der Waals surface area contributed by atoms with Gasteiger partial charge in [-0.15, -0.1) is 0 Å². The van der Waals surface area contributed by atoms with Crippen LogP contribution in [0.4, 0.5) is 0 Å². The van der Waals surface area contributed by atoms with Gasteiger partial charge in [0.05, 0.1) is 6.04 Å². The van der Waals surface area contributed by atoms with Crippen molar-refractivity contribution in [1.29, 1.82) is 0 Å². The van der Waals surface area contributed by atoms with Gasteiger partial charge in [-0.2, -0.15) is 0 Å². The van der Waals surface area contributed by atoms with Crippen molar-refractivity contribution in [3.63, 3.8) is 0 Å². The normalized spacial score (nSPS) is 34.2. The molecule has 2 aliphatic rings. The fourth-order valence-corrected chi connectivity index (χ4v) is 3.75. The monoisotopic (exact) mass is 282 g/mol. The van der Waals surface area contributed by atoms with Crippen LogP contribution in [0.3, 0.4) is 0 Å². The van der Waals surface area contributed by atoms with E-state index in [1.165, 1.54) is 0 Å². The highest BCUT2D eigenvalue weighted by Crippen LogP contribution is 2.35. The lowest BCUT2D eigenvalue weighted by Crippen LogP contribution is -2.60. The minimum atomic E-state index is -0.968. The summed E-state index contributed by atoms with van der Waals surface area (Å²) in [6, 6.07) is -0.211. The summed E-state index contributed by atoms with van der Waals surface area (Å²) in [5.41, 5.74) is -0.968. The van der Waals surface area contributed by atoms with Crippen molar-refractivity contribution in [3.8, 4) is 0 Å². The molecule has 114 valence electrons. The number of rotatable bonds is 4. The Balaban J connectivity index is 2.20. The third-order valence-corrected chi connectivity index (χ3v) is 4.85. The summed E-state index contributed by atoms with van der Waals surface area (Å²) in [6.45, 7) is 5.48. The summed E-state index contributed by atoms with van der Waals surface area (Å²) in [6.07, 6.45) is 4.83. The van der Waals surface area contributed by atoms with Crippen LogP contribution in [0.5, 0.6) is 0 Å². The van der Waals surface area contributed by atoms with E-state index in [0.717, 1.165) is 32.2 Å². The van der Waals surface area contributed by atoms with Crippen LogP contribution >= 0.6 is 0 Å². The van der Waals surface area contributed by atoms with E-state index in [1.54, 1.807) is 4.90 Å². The highest BCUT2D eigenvalue weighted by Gasteiger charge is 2.50. The molecular weight excluding hydrogens is 256 g/mol. The molecule has 0 aliphatic carbocycles. The number of hydrogen-bond acceptors (Lipinski definition) is 3. The average molecular weight is 282 g/mol. The molecule has 2 heterocycles. The summed E-state index contributed by atoms with van der Waals surface area (Å²) in [4.78, 5) is 26.2. The van der Waals surface area contributed by atoms with Crippen LogP contribution in [-0.2, 0) is 9.59 Å². The summed E-state index contributed by atoms with van der Waals surface area (Å²) >= 11 is 0. The molecule has 2 fully saturated rings. The van der Waals surface area contributed by atoms with Gasteiger partial charge in [0.2, 0.25) is 5.91 Å². The van der Waals surface area contributed by atoms with Gasteiger partial charge in [-0.25, -0.2) is 4.79 Å². The molecule has 2 N–H and O–H groups in total. The Bertz CT molecular complexity index is 385. The number of carbonyl (C=O) groups is 2. The number of likely N-dealkylation sites (tertiary alicyclic amines) is 1. The van der Waals surface area contributed by atoms with E-state index in [1.807, 2.05) is 6.92 Å². The highest BCUT2D eigenvalue weighted by atomic mass is 16.4. The van der Waals surface area contributed by atoms with Gasteiger partial charge in [0.1, 0.15) is 5.54 Å². The van der Waals surface area contributed by atoms with Gasteiger partial charge in [0, 0.05) is 6.54 Å². The van der Waals surface area contributed by atoms with Crippen molar-refractivity contribution in [3.05, 3.63) is 0 Å². The maximum Gasteiger partial charge on any atom is 0.329 e. The number of carboxylic acids is 1. The Morgan fingerprint density at radius 2 is 2.15 bits per heavy atom. The molecule has 2 saturated heterocycles. The number of amides is 1. The van der Waals surface area contributed by atoms with Gasteiger partial charge in [0.25, 0.3) is 0 Å². The van der Waals surface area contributed by atoms with Crippen molar-refractivity contribution in [2.75, 3.05) is 13.1 Å². The van der Waals surface area contributed by atoms with E-state index < -0.39 is 11.5 Å². The van der Waals surface area contributed by atoms with Crippen molar-refractivity contribution < 1.29 is 14.7 Å². The van der Waals surface area contributed by atoms with Crippen molar-refractivity contribution >= 4 is 11.9 Å². The molecule has 0 aromatic rings. The SMILES string of the molecule is CCCC1(C(=O)O)CCCN1C(=O)C1NCCCC1C. The van der Waals surface area contributed by atoms with E-state index >= 15 is 0 Å². The number of hydrogen-bond donors (Lipinski definition) is 2. The van der Waals surface area contributed by atoms with E-state index in [-0.39, 0.29) is 17.9 Å². The first-order valence-corrected chi connectivity index (χ1v) is 7.81. The van der Waals surface area contributed by atoms with Crippen LogP contribution in [0.1, 0.15) is 52.4 Å². The third kappa shape index (κ3) is 2.55. The van der Waals surface area contributed by atoms with Gasteiger partial charge >= 0.3 is 5.97 Å². The molecule has 3 unspecified atom stereocenters. The zero-order valence-electron chi connectivity index (χ0n) is 12.5. The van der Waals surface area contributed by atoms with E-state index in [4.69, 9.17) is 0 Å². The molecule has 3 atom stereocenters. The fourth-order valence-electron chi connectivity index (χ4n) is 3.75. The summed E-state index contributed by atoms with van der Waals surface area (Å²) in [5, 5.41) is 12.9. The van der Waals surface area contributed by atoms with Crippen LogP contribution in [0, 0.1) is 5.92 Å². The molecule has 0 bridgehead atoms. The molecule has 1 amide bonds. The smallest absolute Gasteiger partial charge is 0.329 e. The predicted molar refractivity (Wildman–Crippen MR) is 76.4 cm³/mol. The maximum absolute atomic E-state index is 12.8. The largest absolute Gasteiger partial charge is 0.479 e. The second kappa shape index (κ2) is 6.12. The highest BCUT2D eigenvalue weighted by molar-refractivity contribution is 5.90. The minimum absolute atomic E-state index is 0.00875. The van der Waals surface area contributed by atoms with Gasteiger partial charge in [-0.1, -0.05) is 20.3 Å². The third-order valence-electron chi connectivity index (χ3n) is 4.85. The molecule has 2 aliphatic heterocycles. The minimum Gasteiger partial charge on any atom is -0.479 e. The first-order chi connectivity index (χ1) is 9.53. The standard InChI is InChI=1S/C15H26N2O3/c1-3-7-15(14(19)20)8-5-10-17(15)13(18)12-11(2)6-4-9-16-12/h11-12,16H,3-10H2,1-2H3,(H,19,20). The molecule has 0 aromatic heterocycles. The van der Waals surface area contributed by atoms with Crippen molar-refractivity contribution in [2.45, 2.75) is 64.0 Å². The summed E-state index contributed by atoms with van der Waals surface area (Å²) < 4.78 is 0. The lowest BCUT2D eigenvalue weighted by Gasteiger charge is -2.39. The Kier molecular flexibility index (Phi) is 4.68. The van der Waals surface area contributed by atoms with E-state index in [2.05, 4.69) is 12.2 Å². The number of piperidine rings is 1. The van der Waals surface area contributed by atoms with Crippen LogP contribution in [-0.4, -0.2) is 46.6 Å². The predicted octanol–water partition coefficient (Wildman–Crippen LogP) is 1.62. The topological polar surface area (TPSA) is 69.6 Å². The second-order valence-corrected chi connectivity index (χ2v) is 6.23. The van der Waals surface area contributed by atoms with Crippen molar-refractivity contribution in [2.24, 2.45) is 5.92 Å². The van der Waals surface area contributed by atoms with Crippen molar-refractivity contribution in [1.82, 2.24) is 10.2 Å². The maximum atomic E-state index is 12.8. The van der Waals surface area contributed by atoms with Crippen LogP contribution in [0.15, 0.2) is 0 Å². The lowest BCUT2D eigenvalue weighted by molar-refractivity contribution is -0.158. The number of aliphatic carboxylic acids is 1. The first-order valence-electron chi connectivity index (χ1n) is 7.81. The van der Waals surface area contributed by atoms with E-state index in [9.17, 15) is 14.7 Å². The fraction of sp³-hybridized carbons (Fsp3) is 0.867. The molecule has 20 heavy (non-hydrogen) atoms. The van der Waals surface area contributed by atoms with Crippen LogP contribution < -0.4 is 5.32 Å². The molecule has 0 radical (unpaired) electrons. The average Bonchev–Trinajstić information content (AvgIpc) is 2.84. The molecule has 5 heteroatoms. The molecule has 0 aromatic carbocycles. The van der Waals surface area contributed by atoms with Crippen LogP contribution in [0.2, 0.25) is 0 Å². The molecule has 2 rings (SSSR count). The zero-order chi connectivity index (χ0) is 14.8. The van der Waals surface area contributed by atoms with Crippen LogP contribution in [0.25, 0.3) is 0 Å². The number of carboxylic acid groups (broad SMARTS) is 1. The quantitative estimate of drug-likeness (QED) is 0.822. The Morgan fingerprint density at radius 1 is 1.40 bits per heavy atom. The van der Waals surface area contributed by atoms with Gasteiger partial charge in [0.15, 0.2) is 0 Å². The number of nitrogens with one attached hydrogen (secondary N) is 1. The number of carbonyl (C=O) groups excluding carboxylic acids is 1. The first kappa shape index (κ1) is 15.3. The Hall–Kier alpha value is -1.10.